The number of hydrogen-bond donors (Lipinski definition) is 1. The summed E-state index contributed by atoms with van der Waals surface area (Å²) in [5.74, 6) is 0.224. The Morgan fingerprint density at radius 2 is 1.74 bits per heavy atom. The van der Waals surface area contributed by atoms with Gasteiger partial charge in [0.2, 0.25) is 11.8 Å². The fraction of sp³-hybridized carbons (Fsp3) is 0.286. The normalized spacial score (nSPS) is 10.2. The van der Waals surface area contributed by atoms with Crippen molar-refractivity contribution in [2.45, 2.75) is 20.3 Å². The summed E-state index contributed by atoms with van der Waals surface area (Å²) in [5.41, 5.74) is 2.11. The van der Waals surface area contributed by atoms with E-state index in [4.69, 9.17) is 4.74 Å². The van der Waals surface area contributed by atoms with Gasteiger partial charge in [-0.15, -0.1) is 0 Å². The quantitative estimate of drug-likeness (QED) is 0.727. The smallest absolute Gasteiger partial charge is 0.243 e. The van der Waals surface area contributed by atoms with Gasteiger partial charge in [-0.1, -0.05) is 24.3 Å². The first-order valence-electron chi connectivity index (χ1n) is 8.68. The van der Waals surface area contributed by atoms with Crippen LogP contribution in [-0.2, 0) is 16.0 Å². The van der Waals surface area contributed by atoms with Crippen molar-refractivity contribution in [3.05, 3.63) is 59.7 Å². The van der Waals surface area contributed by atoms with Crippen LogP contribution in [0.2, 0.25) is 0 Å². The molecule has 2 rings (SSSR count). The van der Waals surface area contributed by atoms with Crippen molar-refractivity contribution in [3.63, 3.8) is 0 Å². The van der Waals surface area contributed by atoms with E-state index in [1.165, 1.54) is 18.7 Å². The molecule has 0 fully saturated rings. The Morgan fingerprint density at radius 3 is 2.33 bits per heavy atom. The second-order valence-corrected chi connectivity index (χ2v) is 6.22. The molecule has 0 unspecified atom stereocenters. The Morgan fingerprint density at radius 1 is 1.04 bits per heavy atom. The third-order valence-electron chi connectivity index (χ3n) is 4.16. The first-order valence-corrected chi connectivity index (χ1v) is 8.68. The number of carbonyl (C=O) groups excluding carboxylic acids is 3. The summed E-state index contributed by atoms with van der Waals surface area (Å²) in [7, 11) is 1.61. The maximum absolute atomic E-state index is 12.3. The van der Waals surface area contributed by atoms with E-state index < -0.39 is 0 Å². The highest BCUT2D eigenvalue weighted by molar-refractivity contribution is 5.98. The van der Waals surface area contributed by atoms with E-state index in [1.807, 2.05) is 24.3 Å². The number of methoxy groups -OCH3 is 1. The van der Waals surface area contributed by atoms with Crippen LogP contribution < -0.4 is 10.1 Å². The topological polar surface area (TPSA) is 75.7 Å². The molecule has 0 aromatic heterocycles. The number of amides is 2. The molecule has 0 saturated carbocycles. The van der Waals surface area contributed by atoms with E-state index in [0.717, 1.165) is 11.3 Å². The Kier molecular flexibility index (Phi) is 7.11. The average Bonchev–Trinajstić information content (AvgIpc) is 2.65. The van der Waals surface area contributed by atoms with Gasteiger partial charge in [-0.25, -0.2) is 0 Å². The number of anilines is 1. The molecular weight excluding hydrogens is 344 g/mol. The molecule has 0 aliphatic heterocycles. The maximum atomic E-state index is 12.3. The zero-order valence-corrected chi connectivity index (χ0v) is 15.8. The number of ether oxygens (including phenoxy) is 1. The van der Waals surface area contributed by atoms with Crippen molar-refractivity contribution < 1.29 is 19.1 Å². The van der Waals surface area contributed by atoms with Gasteiger partial charge in [0, 0.05) is 24.7 Å². The molecule has 2 aromatic rings. The number of nitrogens with zero attached hydrogens (tertiary/aromatic N) is 1. The van der Waals surface area contributed by atoms with Crippen molar-refractivity contribution in [1.82, 2.24) is 4.90 Å². The largest absolute Gasteiger partial charge is 0.497 e. The standard InChI is InChI=1S/C21H24N2O4/c1-15(24)18-5-4-6-19(13-18)22-21(26)14-23(16(2)25)12-11-17-7-9-20(27-3)10-8-17/h4-10,13H,11-12,14H2,1-3H3,(H,22,26). The highest BCUT2D eigenvalue weighted by atomic mass is 16.5. The van der Waals surface area contributed by atoms with Crippen LogP contribution in [0.5, 0.6) is 5.75 Å². The zero-order chi connectivity index (χ0) is 19.8. The molecule has 0 spiro atoms. The van der Waals surface area contributed by atoms with Crippen LogP contribution in [-0.4, -0.2) is 42.7 Å². The summed E-state index contributed by atoms with van der Waals surface area (Å²) in [6.07, 6.45) is 0.636. The van der Waals surface area contributed by atoms with Crippen molar-refractivity contribution in [2.75, 3.05) is 25.5 Å². The number of carbonyl (C=O) groups is 3. The van der Waals surface area contributed by atoms with E-state index in [1.54, 1.807) is 31.4 Å². The Balaban J connectivity index is 1.94. The van der Waals surface area contributed by atoms with Gasteiger partial charge in [-0.3, -0.25) is 14.4 Å². The number of hydrogen-bond acceptors (Lipinski definition) is 4. The molecule has 142 valence electrons. The lowest BCUT2D eigenvalue weighted by Crippen LogP contribution is -2.38. The molecule has 0 bridgehead atoms. The van der Waals surface area contributed by atoms with Crippen LogP contribution in [0.25, 0.3) is 0 Å². The lowest BCUT2D eigenvalue weighted by Gasteiger charge is -2.20. The van der Waals surface area contributed by atoms with Crippen LogP contribution in [0.3, 0.4) is 0 Å². The van der Waals surface area contributed by atoms with E-state index >= 15 is 0 Å². The molecule has 1 N–H and O–H groups in total. The number of rotatable bonds is 8. The second-order valence-electron chi connectivity index (χ2n) is 6.22. The predicted molar refractivity (Wildman–Crippen MR) is 104 cm³/mol. The van der Waals surface area contributed by atoms with Crippen LogP contribution >= 0.6 is 0 Å². The van der Waals surface area contributed by atoms with Gasteiger partial charge >= 0.3 is 0 Å². The fourth-order valence-electron chi connectivity index (χ4n) is 2.59. The number of benzene rings is 2. The third-order valence-corrected chi connectivity index (χ3v) is 4.16. The SMILES string of the molecule is COc1ccc(CCN(CC(=O)Nc2cccc(C(C)=O)c2)C(C)=O)cc1. The fourth-order valence-corrected chi connectivity index (χ4v) is 2.59. The Bertz CT molecular complexity index is 815. The molecule has 2 aromatic carbocycles. The maximum Gasteiger partial charge on any atom is 0.243 e. The third kappa shape index (κ3) is 6.26. The highest BCUT2D eigenvalue weighted by Gasteiger charge is 2.14. The molecule has 0 heterocycles. The van der Waals surface area contributed by atoms with Gasteiger partial charge in [-0.2, -0.15) is 0 Å². The summed E-state index contributed by atoms with van der Waals surface area (Å²) in [5, 5.41) is 2.73. The molecule has 27 heavy (non-hydrogen) atoms. The van der Waals surface area contributed by atoms with Crippen molar-refractivity contribution in [2.24, 2.45) is 0 Å². The van der Waals surface area contributed by atoms with Crippen LogP contribution in [0.15, 0.2) is 48.5 Å². The van der Waals surface area contributed by atoms with Gasteiger partial charge in [0.05, 0.1) is 13.7 Å². The molecule has 6 nitrogen and oxygen atoms in total. The molecule has 0 aliphatic carbocycles. The molecule has 2 amide bonds. The number of ketones is 1. The predicted octanol–water partition coefficient (Wildman–Crippen LogP) is 2.93. The van der Waals surface area contributed by atoms with Gasteiger partial charge in [0.25, 0.3) is 0 Å². The van der Waals surface area contributed by atoms with Gasteiger partial charge in [-0.05, 0) is 43.2 Å². The Hall–Kier alpha value is -3.15. The monoisotopic (exact) mass is 368 g/mol. The first kappa shape index (κ1) is 20.2. The van der Waals surface area contributed by atoms with Gasteiger partial charge < -0.3 is 15.0 Å². The molecule has 0 radical (unpaired) electrons. The van der Waals surface area contributed by atoms with Crippen molar-refractivity contribution in [3.8, 4) is 5.75 Å². The second kappa shape index (κ2) is 9.52. The summed E-state index contributed by atoms with van der Waals surface area (Å²) in [6, 6.07) is 14.3. The van der Waals surface area contributed by atoms with E-state index in [2.05, 4.69) is 5.32 Å². The number of Topliss-reactive ketones (excluding diaryl/α,β-unsaturated/α-hetero) is 1. The van der Waals surface area contributed by atoms with E-state index in [9.17, 15) is 14.4 Å². The van der Waals surface area contributed by atoms with E-state index in [0.29, 0.717) is 24.2 Å². The van der Waals surface area contributed by atoms with Gasteiger partial charge in [0.1, 0.15) is 5.75 Å². The minimum absolute atomic E-state index is 0.0458. The summed E-state index contributed by atoms with van der Waals surface area (Å²) >= 11 is 0. The molecule has 0 saturated heterocycles. The lowest BCUT2D eigenvalue weighted by atomic mass is 10.1. The van der Waals surface area contributed by atoms with Crippen molar-refractivity contribution in [1.29, 1.82) is 0 Å². The van der Waals surface area contributed by atoms with Gasteiger partial charge in [0.15, 0.2) is 5.78 Å². The Labute approximate surface area is 159 Å². The molecule has 0 aliphatic rings. The van der Waals surface area contributed by atoms with Crippen LogP contribution in [0.1, 0.15) is 29.8 Å². The van der Waals surface area contributed by atoms with Crippen LogP contribution in [0, 0.1) is 0 Å². The summed E-state index contributed by atoms with van der Waals surface area (Å²) in [4.78, 5) is 37.1. The molecule has 6 heteroatoms. The lowest BCUT2D eigenvalue weighted by molar-refractivity contribution is -0.132. The van der Waals surface area contributed by atoms with Crippen LogP contribution in [0.4, 0.5) is 5.69 Å². The summed E-state index contributed by atoms with van der Waals surface area (Å²) < 4.78 is 5.13. The minimum Gasteiger partial charge on any atom is -0.497 e. The average molecular weight is 368 g/mol. The first-order chi connectivity index (χ1) is 12.9. The number of nitrogens with one attached hydrogen (secondary N) is 1. The zero-order valence-electron chi connectivity index (χ0n) is 15.8. The van der Waals surface area contributed by atoms with Crippen molar-refractivity contribution >= 4 is 23.3 Å². The highest BCUT2D eigenvalue weighted by Crippen LogP contribution is 2.13. The molecule has 0 atom stereocenters. The molecular formula is C21H24N2O4. The minimum atomic E-state index is -0.305. The summed E-state index contributed by atoms with van der Waals surface area (Å²) in [6.45, 7) is 3.30. The van der Waals surface area contributed by atoms with E-state index in [-0.39, 0.29) is 24.1 Å².